The number of aromatic carboxylic acids is 2. The van der Waals surface area contributed by atoms with Gasteiger partial charge >= 0.3 is 11.9 Å². The number of carboxylic acids is 2. The molecule has 0 aliphatic heterocycles. The van der Waals surface area contributed by atoms with Crippen molar-refractivity contribution >= 4 is 35.3 Å². The molecule has 2 N–H and O–H groups in total. The lowest BCUT2D eigenvalue weighted by atomic mass is 10.0. The van der Waals surface area contributed by atoms with E-state index in [1.165, 1.54) is 38.1 Å². The number of carbonyl (C=O) groups is 4. The first kappa shape index (κ1) is 18.4. The molecule has 2 aromatic carbocycles. The molecular weight excluding hydrogens is 344 g/mol. The third kappa shape index (κ3) is 4.13. The van der Waals surface area contributed by atoms with Crippen molar-refractivity contribution in [1.29, 1.82) is 0 Å². The number of benzene rings is 2. The Morgan fingerprint density at radius 3 is 1.32 bits per heavy atom. The Morgan fingerprint density at radius 1 is 0.680 bits per heavy atom. The smallest absolute Gasteiger partial charge is 0.336 e. The summed E-state index contributed by atoms with van der Waals surface area (Å²) in [6.45, 7) is 2.57. The molecule has 25 heavy (non-hydrogen) atoms. The van der Waals surface area contributed by atoms with Crippen molar-refractivity contribution in [3.8, 4) is 0 Å². The van der Waals surface area contributed by atoms with Gasteiger partial charge in [0, 0.05) is 20.9 Å². The minimum absolute atomic E-state index is 0.106. The first-order chi connectivity index (χ1) is 11.7. The molecule has 0 spiro atoms. The van der Waals surface area contributed by atoms with Gasteiger partial charge in [0.1, 0.15) is 0 Å². The lowest BCUT2D eigenvalue weighted by Crippen LogP contribution is -2.06. The zero-order chi connectivity index (χ0) is 18.7. The van der Waals surface area contributed by atoms with Crippen LogP contribution < -0.4 is 0 Å². The number of ketones is 2. The third-order valence-electron chi connectivity index (χ3n) is 3.44. The molecule has 0 heterocycles. The standard InChI is InChI=1S/C18H14O6S/c1-9(19)13-5-3-11(7-15(13)17(21)22)25-12-4-6-14(10(2)20)16(8-12)18(23)24/h3-8H,1-2H3,(H,21,22)(H,23,24). The van der Waals surface area contributed by atoms with E-state index in [9.17, 15) is 29.4 Å². The quantitative estimate of drug-likeness (QED) is 0.759. The summed E-state index contributed by atoms with van der Waals surface area (Å²) in [6, 6.07) is 8.76. The maximum Gasteiger partial charge on any atom is 0.336 e. The fourth-order valence-electron chi connectivity index (χ4n) is 2.28. The molecule has 0 bridgehead atoms. The maximum atomic E-state index is 11.5. The van der Waals surface area contributed by atoms with E-state index in [-0.39, 0.29) is 33.8 Å². The third-order valence-corrected chi connectivity index (χ3v) is 4.42. The summed E-state index contributed by atoms with van der Waals surface area (Å²) in [5, 5.41) is 18.5. The Hall–Kier alpha value is -2.93. The normalized spacial score (nSPS) is 10.3. The summed E-state index contributed by atoms with van der Waals surface area (Å²) in [6.07, 6.45) is 0. The van der Waals surface area contributed by atoms with E-state index in [2.05, 4.69) is 0 Å². The Labute approximate surface area is 147 Å². The number of hydrogen-bond acceptors (Lipinski definition) is 5. The van der Waals surface area contributed by atoms with Crippen molar-refractivity contribution < 1.29 is 29.4 Å². The average Bonchev–Trinajstić information content (AvgIpc) is 2.54. The fraction of sp³-hybridized carbons (Fsp3) is 0.111. The van der Waals surface area contributed by atoms with E-state index in [1.54, 1.807) is 12.1 Å². The van der Waals surface area contributed by atoms with E-state index in [0.29, 0.717) is 9.79 Å². The van der Waals surface area contributed by atoms with Crippen LogP contribution in [0, 0.1) is 0 Å². The fourth-order valence-corrected chi connectivity index (χ4v) is 3.18. The second-order valence-electron chi connectivity index (χ2n) is 5.24. The molecule has 6 nitrogen and oxygen atoms in total. The van der Waals surface area contributed by atoms with Gasteiger partial charge in [-0.1, -0.05) is 11.8 Å². The van der Waals surface area contributed by atoms with Crippen LogP contribution in [-0.4, -0.2) is 33.7 Å². The molecule has 0 aliphatic carbocycles. The molecule has 128 valence electrons. The van der Waals surface area contributed by atoms with Crippen molar-refractivity contribution in [2.45, 2.75) is 23.6 Å². The van der Waals surface area contributed by atoms with Crippen LogP contribution in [0.25, 0.3) is 0 Å². The van der Waals surface area contributed by atoms with Gasteiger partial charge in [-0.25, -0.2) is 9.59 Å². The molecule has 0 aliphatic rings. The van der Waals surface area contributed by atoms with Crippen molar-refractivity contribution in [1.82, 2.24) is 0 Å². The van der Waals surface area contributed by atoms with Gasteiger partial charge in [0.15, 0.2) is 11.6 Å². The zero-order valence-electron chi connectivity index (χ0n) is 13.4. The first-order valence-corrected chi connectivity index (χ1v) is 7.96. The molecule has 2 aromatic rings. The first-order valence-electron chi connectivity index (χ1n) is 7.15. The van der Waals surface area contributed by atoms with Crippen molar-refractivity contribution in [3.63, 3.8) is 0 Å². The maximum absolute atomic E-state index is 11.5. The lowest BCUT2D eigenvalue weighted by Gasteiger charge is -2.09. The molecule has 0 radical (unpaired) electrons. The molecule has 0 saturated carbocycles. The van der Waals surface area contributed by atoms with Gasteiger partial charge in [-0.05, 0) is 50.2 Å². The second kappa shape index (κ2) is 7.31. The predicted octanol–water partition coefficient (Wildman–Crippen LogP) is 3.64. The molecule has 7 heteroatoms. The van der Waals surface area contributed by atoms with Crippen LogP contribution in [-0.2, 0) is 0 Å². The van der Waals surface area contributed by atoms with Crippen LogP contribution in [0.2, 0.25) is 0 Å². The summed E-state index contributed by atoms with van der Waals surface area (Å²) in [5.41, 5.74) is -0.0161. The van der Waals surface area contributed by atoms with Gasteiger partial charge in [0.05, 0.1) is 11.1 Å². The summed E-state index contributed by atoms with van der Waals surface area (Å²) < 4.78 is 0. The number of hydrogen-bond donors (Lipinski definition) is 2. The minimum atomic E-state index is -1.22. The van der Waals surface area contributed by atoms with E-state index < -0.39 is 11.9 Å². The zero-order valence-corrected chi connectivity index (χ0v) is 14.2. The van der Waals surface area contributed by atoms with Crippen LogP contribution in [0.1, 0.15) is 55.3 Å². The van der Waals surface area contributed by atoms with Crippen LogP contribution in [0.5, 0.6) is 0 Å². The molecule has 0 amide bonds. The van der Waals surface area contributed by atoms with Crippen LogP contribution >= 0.6 is 11.8 Å². The number of carbonyl (C=O) groups excluding carboxylic acids is 2. The van der Waals surface area contributed by atoms with E-state index in [4.69, 9.17) is 0 Å². The number of carboxylic acid groups (broad SMARTS) is 2. The van der Waals surface area contributed by atoms with Crippen molar-refractivity contribution in [2.24, 2.45) is 0 Å². The number of Topliss-reactive ketones (excluding diaryl/α,β-unsaturated/α-hetero) is 2. The minimum Gasteiger partial charge on any atom is -0.478 e. The SMILES string of the molecule is CC(=O)c1ccc(Sc2ccc(C(C)=O)c(C(=O)O)c2)cc1C(=O)O. The van der Waals surface area contributed by atoms with Gasteiger partial charge in [-0.2, -0.15) is 0 Å². The van der Waals surface area contributed by atoms with Gasteiger partial charge in [0.2, 0.25) is 0 Å². The topological polar surface area (TPSA) is 109 Å². The summed E-state index contributed by atoms with van der Waals surface area (Å²) in [7, 11) is 0. The summed E-state index contributed by atoms with van der Waals surface area (Å²) in [5.74, 6) is -3.14. The molecule has 0 unspecified atom stereocenters. The molecule has 0 atom stereocenters. The Morgan fingerprint density at radius 2 is 1.04 bits per heavy atom. The Bertz CT molecular complexity index is 827. The predicted molar refractivity (Wildman–Crippen MR) is 90.9 cm³/mol. The number of rotatable bonds is 6. The molecule has 0 fully saturated rings. The van der Waals surface area contributed by atoms with Gasteiger partial charge in [-0.15, -0.1) is 0 Å². The van der Waals surface area contributed by atoms with Gasteiger partial charge in [0.25, 0.3) is 0 Å². The summed E-state index contributed by atoms with van der Waals surface area (Å²) >= 11 is 1.14. The lowest BCUT2D eigenvalue weighted by molar-refractivity contribution is 0.0683. The molecule has 0 saturated heterocycles. The van der Waals surface area contributed by atoms with Crippen LogP contribution in [0.15, 0.2) is 46.2 Å². The summed E-state index contributed by atoms with van der Waals surface area (Å²) in [4.78, 5) is 46.7. The molecular formula is C18H14O6S. The highest BCUT2D eigenvalue weighted by molar-refractivity contribution is 7.99. The Kier molecular flexibility index (Phi) is 5.38. The van der Waals surface area contributed by atoms with E-state index >= 15 is 0 Å². The van der Waals surface area contributed by atoms with Crippen LogP contribution in [0.3, 0.4) is 0 Å². The van der Waals surface area contributed by atoms with Crippen molar-refractivity contribution in [3.05, 3.63) is 58.7 Å². The van der Waals surface area contributed by atoms with Crippen LogP contribution in [0.4, 0.5) is 0 Å². The van der Waals surface area contributed by atoms with Gasteiger partial charge < -0.3 is 10.2 Å². The largest absolute Gasteiger partial charge is 0.478 e. The van der Waals surface area contributed by atoms with E-state index in [0.717, 1.165) is 11.8 Å². The monoisotopic (exact) mass is 358 g/mol. The highest BCUT2D eigenvalue weighted by atomic mass is 32.2. The highest BCUT2D eigenvalue weighted by Gasteiger charge is 2.17. The van der Waals surface area contributed by atoms with Gasteiger partial charge in [-0.3, -0.25) is 9.59 Å². The molecule has 0 aromatic heterocycles. The highest BCUT2D eigenvalue weighted by Crippen LogP contribution is 2.31. The van der Waals surface area contributed by atoms with Crippen molar-refractivity contribution in [2.75, 3.05) is 0 Å². The Balaban J connectivity index is 2.43. The van der Waals surface area contributed by atoms with E-state index in [1.807, 2.05) is 0 Å². The molecule has 2 rings (SSSR count). The average molecular weight is 358 g/mol. The second-order valence-corrected chi connectivity index (χ2v) is 6.39.